The molecule has 0 saturated heterocycles. The fraction of sp³-hybridized carbons (Fsp3) is 0.0500. The topological polar surface area (TPSA) is 79.9 Å². The van der Waals surface area contributed by atoms with Crippen molar-refractivity contribution in [3.8, 4) is 28.6 Å². The van der Waals surface area contributed by atoms with Crippen LogP contribution in [-0.4, -0.2) is 16.0 Å². The van der Waals surface area contributed by atoms with E-state index in [0.29, 0.717) is 23.0 Å². The molecule has 1 aliphatic heterocycles. The molecule has 0 radical (unpaired) electrons. The molecule has 0 unspecified atom stereocenters. The van der Waals surface area contributed by atoms with Gasteiger partial charge in [0.25, 0.3) is 0 Å². The van der Waals surface area contributed by atoms with E-state index in [9.17, 15) is 15.0 Å². The van der Waals surface area contributed by atoms with Gasteiger partial charge in [0.2, 0.25) is 11.5 Å². The Morgan fingerprint density at radius 2 is 1.92 bits per heavy atom. The maximum Gasteiger partial charge on any atom is 0.231 e. The molecule has 5 nitrogen and oxygen atoms in total. The molecule has 26 heavy (non-hydrogen) atoms. The van der Waals surface area contributed by atoms with E-state index in [1.54, 1.807) is 18.2 Å². The summed E-state index contributed by atoms with van der Waals surface area (Å²) < 4.78 is 11.2. The molecule has 1 aromatic heterocycles. The zero-order valence-corrected chi connectivity index (χ0v) is 14.2. The Morgan fingerprint density at radius 1 is 1.08 bits per heavy atom. The molecule has 0 bridgehead atoms. The van der Waals surface area contributed by atoms with Gasteiger partial charge in [0, 0.05) is 17.0 Å². The van der Waals surface area contributed by atoms with Crippen molar-refractivity contribution in [1.82, 2.24) is 0 Å². The highest BCUT2D eigenvalue weighted by atomic mass is 35.5. The molecule has 0 amide bonds. The minimum atomic E-state index is -0.444. The van der Waals surface area contributed by atoms with Crippen LogP contribution in [0, 0.1) is 0 Å². The first-order valence-electron chi connectivity index (χ1n) is 7.85. The average molecular weight is 369 g/mol. The number of halogens is 1. The van der Waals surface area contributed by atoms with Crippen LogP contribution in [0.25, 0.3) is 11.3 Å². The van der Waals surface area contributed by atoms with Crippen LogP contribution in [0.1, 0.15) is 16.1 Å². The number of carbonyl (C=O) groups excluding carboxylic acids is 1. The van der Waals surface area contributed by atoms with Gasteiger partial charge in [-0.25, -0.2) is 0 Å². The maximum atomic E-state index is 12.3. The van der Waals surface area contributed by atoms with Crippen LogP contribution < -0.4 is 4.74 Å². The maximum absolute atomic E-state index is 12.3. The van der Waals surface area contributed by atoms with Crippen LogP contribution in [0.5, 0.6) is 17.2 Å². The van der Waals surface area contributed by atoms with Crippen LogP contribution in [-0.2, 0) is 6.42 Å². The van der Waals surface area contributed by atoms with Crippen molar-refractivity contribution in [2.24, 2.45) is 0 Å². The van der Waals surface area contributed by atoms with Gasteiger partial charge in [0.1, 0.15) is 11.5 Å². The van der Waals surface area contributed by atoms with Gasteiger partial charge in [0.05, 0.1) is 5.56 Å². The van der Waals surface area contributed by atoms with E-state index in [2.05, 4.69) is 0 Å². The second-order valence-corrected chi connectivity index (χ2v) is 6.23. The molecule has 0 fully saturated rings. The average Bonchev–Trinajstić information content (AvgIpc) is 3.22. The van der Waals surface area contributed by atoms with E-state index in [-0.39, 0.29) is 28.6 Å². The Balaban J connectivity index is 1.55. The summed E-state index contributed by atoms with van der Waals surface area (Å²) in [5, 5.41) is 19.9. The van der Waals surface area contributed by atoms with Crippen molar-refractivity contribution in [1.29, 1.82) is 0 Å². The van der Waals surface area contributed by atoms with Crippen molar-refractivity contribution in [2.45, 2.75) is 6.42 Å². The third-order valence-electron chi connectivity index (χ3n) is 4.05. The summed E-state index contributed by atoms with van der Waals surface area (Å²) in [7, 11) is 0. The quantitative estimate of drug-likeness (QED) is 0.517. The number of fused-ring (bicyclic) bond motifs is 1. The summed E-state index contributed by atoms with van der Waals surface area (Å²) in [5.74, 6) is 0.242. The van der Waals surface area contributed by atoms with Crippen molar-refractivity contribution < 1.29 is 24.2 Å². The van der Waals surface area contributed by atoms with Crippen LogP contribution in [0.15, 0.2) is 64.8 Å². The van der Waals surface area contributed by atoms with Crippen LogP contribution in [0.4, 0.5) is 0 Å². The van der Waals surface area contributed by atoms with Gasteiger partial charge in [-0.2, -0.15) is 0 Å². The predicted octanol–water partition coefficient (Wildman–Crippen LogP) is 4.71. The lowest BCUT2D eigenvalue weighted by Gasteiger charge is -2.02. The summed E-state index contributed by atoms with van der Waals surface area (Å²) in [6, 6.07) is 13.6. The number of carbonyl (C=O) groups is 1. The Kier molecular flexibility index (Phi) is 3.93. The van der Waals surface area contributed by atoms with E-state index < -0.39 is 5.75 Å². The molecule has 2 heterocycles. The van der Waals surface area contributed by atoms with Gasteiger partial charge < -0.3 is 19.4 Å². The largest absolute Gasteiger partial charge is 0.504 e. The molecule has 3 aromatic rings. The molecule has 0 spiro atoms. The Morgan fingerprint density at radius 3 is 2.73 bits per heavy atom. The number of Topliss-reactive ketones (excluding diaryl/α,β-unsaturated/α-hetero) is 1. The van der Waals surface area contributed by atoms with Crippen molar-refractivity contribution in [3.63, 3.8) is 0 Å². The fourth-order valence-corrected chi connectivity index (χ4v) is 2.93. The molecule has 4 rings (SSSR count). The number of phenolic OH excluding ortho intramolecular Hbond substituents is 2. The number of rotatable bonds is 3. The number of aromatic hydroxyl groups is 2. The Bertz CT molecular complexity index is 1050. The SMILES string of the molecule is O=C1C(=CCc2ccc(-c3cccc(Cl)c3)o2)Oc2c1ccc(O)c2O. The van der Waals surface area contributed by atoms with E-state index in [1.807, 2.05) is 24.3 Å². The lowest BCUT2D eigenvalue weighted by Crippen LogP contribution is -1.99. The van der Waals surface area contributed by atoms with E-state index in [0.717, 1.165) is 5.56 Å². The summed E-state index contributed by atoms with van der Waals surface area (Å²) >= 11 is 5.99. The number of furan rings is 1. The molecule has 2 aromatic carbocycles. The smallest absolute Gasteiger partial charge is 0.231 e. The first kappa shape index (κ1) is 16.3. The van der Waals surface area contributed by atoms with Crippen molar-refractivity contribution in [3.05, 3.63) is 76.7 Å². The predicted molar refractivity (Wildman–Crippen MR) is 95.7 cm³/mol. The highest BCUT2D eigenvalue weighted by Gasteiger charge is 2.31. The molecule has 6 heteroatoms. The van der Waals surface area contributed by atoms with Crippen LogP contribution >= 0.6 is 11.6 Å². The third kappa shape index (κ3) is 2.82. The van der Waals surface area contributed by atoms with Gasteiger partial charge in [0.15, 0.2) is 17.3 Å². The number of ether oxygens (including phenoxy) is 1. The standard InChI is InChI=1S/C20H13ClO5/c21-12-3-1-2-11(10-12)16-8-4-13(25-16)5-9-17-18(23)14-6-7-15(22)19(24)20(14)26-17/h1-4,6-10,22,24H,5H2. The third-order valence-corrected chi connectivity index (χ3v) is 4.29. The molecular weight excluding hydrogens is 356 g/mol. The Hall–Kier alpha value is -3.18. The minimum absolute atomic E-state index is 0.0275. The number of hydrogen-bond donors (Lipinski definition) is 2. The number of phenols is 2. The second kappa shape index (κ2) is 6.28. The normalized spacial score (nSPS) is 14.5. The number of ketones is 1. The first-order chi connectivity index (χ1) is 12.5. The number of hydrogen-bond acceptors (Lipinski definition) is 5. The van der Waals surface area contributed by atoms with Crippen LogP contribution in [0.3, 0.4) is 0 Å². The monoisotopic (exact) mass is 368 g/mol. The highest BCUT2D eigenvalue weighted by Crippen LogP contribution is 2.43. The summed E-state index contributed by atoms with van der Waals surface area (Å²) in [6.45, 7) is 0. The van der Waals surface area contributed by atoms with Crippen molar-refractivity contribution in [2.75, 3.05) is 0 Å². The summed E-state index contributed by atoms with van der Waals surface area (Å²) in [5.41, 5.74) is 1.07. The zero-order chi connectivity index (χ0) is 18.3. The van der Waals surface area contributed by atoms with E-state index in [1.165, 1.54) is 12.1 Å². The number of benzene rings is 2. The van der Waals surface area contributed by atoms with E-state index in [4.69, 9.17) is 20.8 Å². The van der Waals surface area contributed by atoms with Gasteiger partial charge >= 0.3 is 0 Å². The van der Waals surface area contributed by atoms with Gasteiger partial charge in [-0.1, -0.05) is 23.7 Å². The lowest BCUT2D eigenvalue weighted by molar-refractivity contribution is 0.101. The van der Waals surface area contributed by atoms with Gasteiger partial charge in [-0.05, 0) is 42.5 Å². The molecule has 0 atom stereocenters. The fourth-order valence-electron chi connectivity index (χ4n) is 2.74. The number of allylic oxidation sites excluding steroid dienone is 2. The van der Waals surface area contributed by atoms with Gasteiger partial charge in [-0.15, -0.1) is 0 Å². The van der Waals surface area contributed by atoms with Gasteiger partial charge in [-0.3, -0.25) is 4.79 Å². The zero-order valence-electron chi connectivity index (χ0n) is 13.4. The molecular formula is C20H13ClO5. The molecule has 0 aliphatic carbocycles. The molecule has 1 aliphatic rings. The van der Waals surface area contributed by atoms with Crippen molar-refractivity contribution >= 4 is 17.4 Å². The second-order valence-electron chi connectivity index (χ2n) is 5.79. The first-order valence-corrected chi connectivity index (χ1v) is 8.23. The molecule has 2 N–H and O–H groups in total. The minimum Gasteiger partial charge on any atom is -0.504 e. The molecule has 0 saturated carbocycles. The summed E-state index contributed by atoms with van der Waals surface area (Å²) in [6.07, 6.45) is 1.92. The lowest BCUT2D eigenvalue weighted by atomic mass is 10.1. The van der Waals surface area contributed by atoms with E-state index >= 15 is 0 Å². The summed E-state index contributed by atoms with van der Waals surface area (Å²) in [4.78, 5) is 12.3. The molecule has 130 valence electrons. The Labute approximate surface area is 153 Å². The van der Waals surface area contributed by atoms with Crippen LogP contribution in [0.2, 0.25) is 5.02 Å². The highest BCUT2D eigenvalue weighted by molar-refractivity contribution is 6.30.